The molecule has 132 valence electrons. The Hall–Kier alpha value is -3.47. The zero-order valence-corrected chi connectivity index (χ0v) is 14.7. The smallest absolute Gasteiger partial charge is 0.269 e. The molecule has 3 aromatic rings. The number of non-ortho nitro benzene ring substituents is 1. The van der Waals surface area contributed by atoms with Crippen molar-refractivity contribution < 1.29 is 4.92 Å². The van der Waals surface area contributed by atoms with E-state index in [1.54, 1.807) is 12.1 Å². The molecule has 2 aliphatic heterocycles. The largest absolute Gasteiger partial charge is 0.349 e. The second-order valence-electron chi connectivity index (χ2n) is 7.00. The van der Waals surface area contributed by atoms with Gasteiger partial charge < -0.3 is 4.90 Å². The second-order valence-corrected chi connectivity index (χ2v) is 7.00. The fourth-order valence-corrected chi connectivity index (χ4v) is 3.88. The summed E-state index contributed by atoms with van der Waals surface area (Å²) < 4.78 is 0. The van der Waals surface area contributed by atoms with Crippen LogP contribution in [0, 0.1) is 17.0 Å². The first kappa shape index (κ1) is 15.8. The van der Waals surface area contributed by atoms with Gasteiger partial charge in [0.2, 0.25) is 0 Å². The van der Waals surface area contributed by atoms with Crippen LogP contribution in [0.25, 0.3) is 0 Å². The number of aryl methyl sites for hydroxylation is 1. The van der Waals surface area contributed by atoms with Crippen LogP contribution in [-0.2, 0) is 0 Å². The summed E-state index contributed by atoms with van der Waals surface area (Å²) in [4.78, 5) is 17.9. The van der Waals surface area contributed by atoms with E-state index in [1.807, 2.05) is 30.3 Å². The molecule has 1 fully saturated rings. The van der Waals surface area contributed by atoms with Crippen LogP contribution in [0.1, 0.15) is 22.7 Å². The molecular formula is C22H17N3O2. The van der Waals surface area contributed by atoms with Gasteiger partial charge in [-0.2, -0.15) is 0 Å². The maximum absolute atomic E-state index is 11.0. The molecule has 2 heterocycles. The molecule has 0 aliphatic carbocycles. The van der Waals surface area contributed by atoms with Crippen LogP contribution in [0.3, 0.4) is 0 Å². The minimum atomic E-state index is -0.363. The second kappa shape index (κ2) is 5.77. The van der Waals surface area contributed by atoms with Crippen molar-refractivity contribution >= 4 is 22.8 Å². The van der Waals surface area contributed by atoms with E-state index in [0.717, 1.165) is 28.2 Å². The van der Waals surface area contributed by atoms with E-state index in [1.165, 1.54) is 5.56 Å². The Morgan fingerprint density at radius 3 is 2.33 bits per heavy atom. The van der Waals surface area contributed by atoms with E-state index >= 15 is 0 Å². The average Bonchev–Trinajstić information content (AvgIpc) is 3.44. The van der Waals surface area contributed by atoms with Gasteiger partial charge in [-0.1, -0.05) is 54.1 Å². The molecule has 0 radical (unpaired) electrons. The van der Waals surface area contributed by atoms with E-state index in [9.17, 15) is 10.1 Å². The molecule has 0 N–H and O–H groups in total. The fraction of sp³-hybridized carbons (Fsp3) is 0.136. The Labute approximate surface area is 156 Å². The summed E-state index contributed by atoms with van der Waals surface area (Å²) in [6.45, 7) is 2.07. The van der Waals surface area contributed by atoms with Crippen LogP contribution in [0.15, 0.2) is 77.8 Å². The number of rotatable bonds is 3. The Kier molecular flexibility index (Phi) is 3.37. The molecule has 5 rings (SSSR count). The fourth-order valence-electron chi connectivity index (χ4n) is 3.88. The summed E-state index contributed by atoms with van der Waals surface area (Å²) in [5.74, 6) is 0. The highest BCUT2D eigenvalue weighted by Crippen LogP contribution is 2.54. The molecule has 5 nitrogen and oxygen atoms in total. The quantitative estimate of drug-likeness (QED) is 0.379. The van der Waals surface area contributed by atoms with E-state index in [-0.39, 0.29) is 22.7 Å². The highest BCUT2D eigenvalue weighted by Gasteiger charge is 2.54. The van der Waals surface area contributed by atoms with Crippen molar-refractivity contribution in [3.63, 3.8) is 0 Å². The van der Waals surface area contributed by atoms with Crippen molar-refractivity contribution in [1.82, 2.24) is 0 Å². The zero-order chi connectivity index (χ0) is 18.5. The normalized spacial score (nSPS) is 19.7. The standard InChI is InChI=1S/C22H17N3O2/c1-14-6-8-15(9-7-14)20-22-21(16-10-12-17(13-11-16)25(26)27)24(22)19-5-3-2-4-18(19)23-20/h2-13,21-22H,1H3/t21-,22-,24?/m1/s1. The van der Waals surface area contributed by atoms with Gasteiger partial charge in [-0.25, -0.2) is 4.99 Å². The molecule has 5 heteroatoms. The van der Waals surface area contributed by atoms with Crippen LogP contribution in [0.5, 0.6) is 0 Å². The highest BCUT2D eigenvalue weighted by molar-refractivity contribution is 6.14. The number of hydrogen-bond donors (Lipinski definition) is 0. The van der Waals surface area contributed by atoms with Gasteiger partial charge in [0.1, 0.15) is 0 Å². The van der Waals surface area contributed by atoms with E-state index < -0.39 is 0 Å². The van der Waals surface area contributed by atoms with Gasteiger partial charge in [0.15, 0.2) is 0 Å². The number of nitro groups is 1. The number of fused-ring (bicyclic) bond motifs is 3. The van der Waals surface area contributed by atoms with Crippen LogP contribution in [0.4, 0.5) is 17.1 Å². The number of hydrogen-bond acceptors (Lipinski definition) is 4. The molecule has 27 heavy (non-hydrogen) atoms. The van der Waals surface area contributed by atoms with E-state index in [4.69, 9.17) is 4.99 Å². The van der Waals surface area contributed by atoms with Gasteiger partial charge in [-0.3, -0.25) is 10.1 Å². The van der Waals surface area contributed by atoms with Crippen molar-refractivity contribution in [3.05, 3.63) is 99.6 Å². The molecule has 2 atom stereocenters. The summed E-state index contributed by atoms with van der Waals surface area (Å²) in [7, 11) is 0. The van der Waals surface area contributed by atoms with Gasteiger partial charge >= 0.3 is 0 Å². The first-order valence-electron chi connectivity index (χ1n) is 8.91. The Bertz CT molecular complexity index is 1070. The predicted octanol–water partition coefficient (Wildman–Crippen LogP) is 4.97. The summed E-state index contributed by atoms with van der Waals surface area (Å²) >= 11 is 0. The lowest BCUT2D eigenvalue weighted by molar-refractivity contribution is -0.384. The molecule has 2 aliphatic rings. The zero-order valence-electron chi connectivity index (χ0n) is 14.7. The molecule has 0 amide bonds. The summed E-state index contributed by atoms with van der Waals surface area (Å²) in [5, 5.41) is 11.0. The van der Waals surface area contributed by atoms with Crippen LogP contribution < -0.4 is 4.90 Å². The van der Waals surface area contributed by atoms with Gasteiger partial charge in [0.25, 0.3) is 5.69 Å². The van der Waals surface area contributed by atoms with Crippen molar-refractivity contribution in [3.8, 4) is 0 Å². The molecule has 0 bridgehead atoms. The maximum atomic E-state index is 11.0. The van der Waals surface area contributed by atoms with Crippen molar-refractivity contribution in [2.45, 2.75) is 19.0 Å². The van der Waals surface area contributed by atoms with Crippen LogP contribution >= 0.6 is 0 Å². The number of nitrogens with zero attached hydrogens (tertiary/aromatic N) is 3. The molecular weight excluding hydrogens is 338 g/mol. The third kappa shape index (κ3) is 2.51. The Balaban J connectivity index is 1.58. The first-order chi connectivity index (χ1) is 13.1. The Morgan fingerprint density at radius 2 is 1.63 bits per heavy atom. The van der Waals surface area contributed by atoms with Crippen LogP contribution in [-0.4, -0.2) is 16.7 Å². The molecule has 0 spiro atoms. The summed E-state index contributed by atoms with van der Waals surface area (Å²) in [6.07, 6.45) is 0. The molecule has 0 saturated carbocycles. The molecule has 3 aromatic carbocycles. The minimum Gasteiger partial charge on any atom is -0.349 e. The van der Waals surface area contributed by atoms with Gasteiger partial charge in [-0.05, 0) is 30.2 Å². The van der Waals surface area contributed by atoms with Crippen molar-refractivity contribution in [2.75, 3.05) is 4.90 Å². The molecule has 0 aromatic heterocycles. The number of anilines is 1. The number of aliphatic imine (C=N–C) groups is 1. The number of para-hydroxylation sites is 2. The van der Waals surface area contributed by atoms with Gasteiger partial charge in [-0.15, -0.1) is 0 Å². The minimum absolute atomic E-state index is 0.116. The van der Waals surface area contributed by atoms with Gasteiger partial charge in [0, 0.05) is 12.1 Å². The van der Waals surface area contributed by atoms with Crippen molar-refractivity contribution in [2.24, 2.45) is 4.99 Å². The topological polar surface area (TPSA) is 58.5 Å². The molecule has 1 saturated heterocycles. The Morgan fingerprint density at radius 1 is 0.926 bits per heavy atom. The SMILES string of the molecule is Cc1ccc(C2=Nc3ccccc3N3[C@H]2[C@H]3c2ccc([N+](=O)[O-])cc2)cc1. The average molecular weight is 355 g/mol. The van der Waals surface area contributed by atoms with E-state index in [0.29, 0.717) is 0 Å². The maximum Gasteiger partial charge on any atom is 0.269 e. The number of nitro benzene ring substituents is 1. The van der Waals surface area contributed by atoms with Gasteiger partial charge in [0.05, 0.1) is 34.1 Å². The monoisotopic (exact) mass is 355 g/mol. The van der Waals surface area contributed by atoms with Crippen molar-refractivity contribution in [1.29, 1.82) is 0 Å². The van der Waals surface area contributed by atoms with E-state index in [2.05, 4.69) is 42.2 Å². The lowest BCUT2D eigenvalue weighted by Gasteiger charge is -2.17. The third-order valence-corrected chi connectivity index (χ3v) is 5.28. The third-order valence-electron chi connectivity index (χ3n) is 5.28. The lowest BCUT2D eigenvalue weighted by Crippen LogP contribution is -2.17. The summed E-state index contributed by atoms with van der Waals surface area (Å²) in [6, 6.07) is 23.8. The predicted molar refractivity (Wildman–Crippen MR) is 106 cm³/mol. The number of benzene rings is 3. The first-order valence-corrected chi connectivity index (χ1v) is 8.91. The molecule has 0 unspecified atom stereocenters. The van der Waals surface area contributed by atoms with Crippen LogP contribution in [0.2, 0.25) is 0 Å². The highest BCUT2D eigenvalue weighted by atomic mass is 16.6. The lowest BCUT2D eigenvalue weighted by atomic mass is 10.0. The summed E-state index contributed by atoms with van der Waals surface area (Å²) in [5.41, 5.74) is 6.66.